The van der Waals surface area contributed by atoms with Gasteiger partial charge in [0.05, 0.1) is 18.8 Å². The summed E-state index contributed by atoms with van der Waals surface area (Å²) in [5.41, 5.74) is 1.50. The molecule has 1 aliphatic heterocycles. The van der Waals surface area contributed by atoms with Crippen molar-refractivity contribution >= 4 is 11.9 Å². The number of fused-ring (bicyclic) bond motifs is 1. The van der Waals surface area contributed by atoms with Gasteiger partial charge in [-0.15, -0.1) is 0 Å². The number of carbonyl (C=O) groups excluding carboxylic acids is 2. The van der Waals surface area contributed by atoms with Crippen molar-refractivity contribution in [2.75, 3.05) is 20.2 Å². The molecule has 0 spiro atoms. The number of methoxy groups -OCH3 is 1. The maximum absolute atomic E-state index is 12.7. The third kappa shape index (κ3) is 4.74. The van der Waals surface area contributed by atoms with Gasteiger partial charge in [-0.2, -0.15) is 5.10 Å². The number of aliphatic hydroxyl groups is 1. The number of hydrogen-bond donors (Lipinski definition) is 1. The summed E-state index contributed by atoms with van der Waals surface area (Å²) in [6, 6.07) is 8.66. The number of esters is 1. The summed E-state index contributed by atoms with van der Waals surface area (Å²) < 4.78 is 12.6. The van der Waals surface area contributed by atoms with Crippen LogP contribution in [0.2, 0.25) is 0 Å². The predicted octanol–water partition coefficient (Wildman–Crippen LogP) is 2.05. The number of aliphatic hydroxyl groups excluding tert-OH is 1. The Morgan fingerprint density at radius 3 is 2.48 bits per heavy atom. The molecule has 4 atom stereocenters. The first-order valence-corrected chi connectivity index (χ1v) is 10.7. The second kappa shape index (κ2) is 9.09. The predicted molar refractivity (Wildman–Crippen MR) is 113 cm³/mol. The molecule has 1 aromatic heterocycles. The summed E-state index contributed by atoms with van der Waals surface area (Å²) in [5.74, 6) is 0.959. The van der Waals surface area contributed by atoms with Gasteiger partial charge in [-0.05, 0) is 61.9 Å². The summed E-state index contributed by atoms with van der Waals surface area (Å²) in [6.07, 6.45) is 2.59. The molecule has 0 bridgehead atoms. The molecule has 8 nitrogen and oxygen atoms in total. The quantitative estimate of drug-likeness (QED) is 0.709. The Kier molecular flexibility index (Phi) is 6.27. The molecule has 1 amide bonds. The van der Waals surface area contributed by atoms with E-state index in [2.05, 4.69) is 5.10 Å². The van der Waals surface area contributed by atoms with Crippen LogP contribution < -0.4 is 4.74 Å². The second-order valence-corrected chi connectivity index (χ2v) is 8.48. The minimum Gasteiger partial charge on any atom is -0.488 e. The van der Waals surface area contributed by atoms with Crippen LogP contribution in [0.1, 0.15) is 35.3 Å². The summed E-state index contributed by atoms with van der Waals surface area (Å²) >= 11 is 0. The number of ether oxygens (including phenoxy) is 2. The number of aromatic nitrogens is 2. The SMILES string of the molecule is COC(=O)c1ccc(O[C@@H]2C[C@@H]3CN(C(=O)CCn4nccc4C)C[C@@H]3C[C@H]2O)cc1. The molecule has 0 radical (unpaired) electrons. The van der Waals surface area contributed by atoms with E-state index in [1.165, 1.54) is 7.11 Å². The topological polar surface area (TPSA) is 93.9 Å². The molecule has 2 heterocycles. The van der Waals surface area contributed by atoms with Crippen LogP contribution >= 0.6 is 0 Å². The van der Waals surface area contributed by atoms with E-state index in [0.29, 0.717) is 62.0 Å². The molecule has 1 saturated heterocycles. The van der Waals surface area contributed by atoms with Gasteiger partial charge in [0.25, 0.3) is 0 Å². The first-order valence-electron chi connectivity index (χ1n) is 10.7. The van der Waals surface area contributed by atoms with Crippen molar-refractivity contribution in [3.8, 4) is 5.75 Å². The third-order valence-corrected chi connectivity index (χ3v) is 6.47. The van der Waals surface area contributed by atoms with Crippen molar-refractivity contribution in [3.63, 3.8) is 0 Å². The summed E-state index contributed by atoms with van der Waals surface area (Å²) in [6.45, 7) is 3.96. The highest BCUT2D eigenvalue weighted by molar-refractivity contribution is 5.89. The Balaban J connectivity index is 1.31. The van der Waals surface area contributed by atoms with Gasteiger partial charge in [0, 0.05) is 37.9 Å². The Morgan fingerprint density at radius 2 is 1.84 bits per heavy atom. The van der Waals surface area contributed by atoms with E-state index in [1.807, 2.05) is 22.6 Å². The molecule has 2 aliphatic rings. The lowest BCUT2D eigenvalue weighted by Gasteiger charge is -2.35. The normalized spacial score (nSPS) is 25.2. The Labute approximate surface area is 181 Å². The molecule has 1 aromatic carbocycles. The van der Waals surface area contributed by atoms with Gasteiger partial charge in [-0.3, -0.25) is 9.48 Å². The van der Waals surface area contributed by atoms with Crippen LogP contribution in [0, 0.1) is 18.8 Å². The van der Waals surface area contributed by atoms with Gasteiger partial charge in [0.15, 0.2) is 0 Å². The van der Waals surface area contributed by atoms with E-state index in [0.717, 1.165) is 5.69 Å². The molecule has 166 valence electrons. The molecule has 8 heteroatoms. The highest BCUT2D eigenvalue weighted by Crippen LogP contribution is 2.38. The molecule has 1 N–H and O–H groups in total. The number of nitrogens with zero attached hydrogens (tertiary/aromatic N) is 3. The van der Waals surface area contributed by atoms with Crippen molar-refractivity contribution in [3.05, 3.63) is 47.8 Å². The Bertz CT molecular complexity index is 926. The zero-order valence-corrected chi connectivity index (χ0v) is 17.9. The lowest BCUT2D eigenvalue weighted by Crippen LogP contribution is -2.42. The molecule has 4 rings (SSSR count). The average molecular weight is 428 g/mol. The number of likely N-dealkylation sites (tertiary alicyclic amines) is 1. The molecule has 0 unspecified atom stereocenters. The summed E-state index contributed by atoms with van der Waals surface area (Å²) in [5, 5.41) is 14.9. The molecule has 1 aliphatic carbocycles. The lowest BCUT2D eigenvalue weighted by atomic mass is 9.78. The number of aryl methyl sites for hydroxylation is 2. The maximum atomic E-state index is 12.7. The third-order valence-electron chi connectivity index (χ3n) is 6.47. The standard InChI is InChI=1S/C23H29N3O5/c1-15-7-9-24-26(15)10-8-22(28)25-13-17-11-20(27)21(12-18(17)14-25)31-19-5-3-16(4-6-19)23(29)30-2/h3-7,9,17-18,20-21,27H,8,10-14H2,1-2H3/t17-,18+,20+,21+/m0/s1. The van der Waals surface area contributed by atoms with Crippen LogP contribution in [-0.4, -0.2) is 64.1 Å². The van der Waals surface area contributed by atoms with Crippen LogP contribution in [0.3, 0.4) is 0 Å². The van der Waals surface area contributed by atoms with E-state index in [1.54, 1.807) is 30.5 Å². The largest absolute Gasteiger partial charge is 0.488 e. The van der Waals surface area contributed by atoms with Crippen molar-refractivity contribution in [1.82, 2.24) is 14.7 Å². The van der Waals surface area contributed by atoms with Crippen LogP contribution in [0.25, 0.3) is 0 Å². The van der Waals surface area contributed by atoms with Crippen LogP contribution in [0.15, 0.2) is 36.5 Å². The fourth-order valence-electron chi connectivity index (χ4n) is 4.68. The summed E-state index contributed by atoms with van der Waals surface area (Å²) in [4.78, 5) is 26.2. The van der Waals surface area contributed by atoms with Gasteiger partial charge in [0.2, 0.25) is 5.91 Å². The average Bonchev–Trinajstić information content (AvgIpc) is 3.37. The van der Waals surface area contributed by atoms with Gasteiger partial charge in [-0.25, -0.2) is 4.79 Å². The lowest BCUT2D eigenvalue weighted by molar-refractivity contribution is -0.130. The van der Waals surface area contributed by atoms with E-state index in [4.69, 9.17) is 9.47 Å². The van der Waals surface area contributed by atoms with Gasteiger partial charge < -0.3 is 19.5 Å². The zero-order chi connectivity index (χ0) is 22.0. The number of amides is 1. The fourth-order valence-corrected chi connectivity index (χ4v) is 4.68. The number of carbonyl (C=O) groups is 2. The molecule has 2 fully saturated rings. The fraction of sp³-hybridized carbons (Fsp3) is 0.522. The minimum atomic E-state index is -0.580. The van der Waals surface area contributed by atoms with Gasteiger partial charge in [-0.1, -0.05) is 0 Å². The van der Waals surface area contributed by atoms with Gasteiger partial charge >= 0.3 is 5.97 Å². The number of hydrogen-bond acceptors (Lipinski definition) is 6. The molecule has 1 saturated carbocycles. The first-order chi connectivity index (χ1) is 14.9. The van der Waals surface area contributed by atoms with Crippen molar-refractivity contribution in [2.45, 2.75) is 44.9 Å². The number of rotatable bonds is 6. The monoisotopic (exact) mass is 427 g/mol. The molecule has 31 heavy (non-hydrogen) atoms. The van der Waals surface area contributed by atoms with Crippen molar-refractivity contribution < 1.29 is 24.2 Å². The zero-order valence-electron chi connectivity index (χ0n) is 17.9. The maximum Gasteiger partial charge on any atom is 0.337 e. The smallest absolute Gasteiger partial charge is 0.337 e. The Hall–Kier alpha value is -2.87. The van der Waals surface area contributed by atoms with Crippen LogP contribution in [-0.2, 0) is 16.1 Å². The molecule has 2 aromatic rings. The van der Waals surface area contributed by atoms with Gasteiger partial charge in [0.1, 0.15) is 11.9 Å². The van der Waals surface area contributed by atoms with E-state index in [9.17, 15) is 14.7 Å². The molecular formula is C23H29N3O5. The van der Waals surface area contributed by atoms with Crippen molar-refractivity contribution in [2.24, 2.45) is 11.8 Å². The summed E-state index contributed by atoms with van der Waals surface area (Å²) in [7, 11) is 1.34. The van der Waals surface area contributed by atoms with E-state index >= 15 is 0 Å². The number of benzene rings is 1. The highest BCUT2D eigenvalue weighted by Gasteiger charge is 2.43. The van der Waals surface area contributed by atoms with E-state index in [-0.39, 0.29) is 12.0 Å². The minimum absolute atomic E-state index is 0.134. The second-order valence-electron chi connectivity index (χ2n) is 8.48. The van der Waals surface area contributed by atoms with E-state index < -0.39 is 12.1 Å². The first kappa shape index (κ1) is 21.4. The van der Waals surface area contributed by atoms with Crippen LogP contribution in [0.4, 0.5) is 0 Å². The van der Waals surface area contributed by atoms with Crippen LogP contribution in [0.5, 0.6) is 5.75 Å². The molecular weight excluding hydrogens is 398 g/mol. The Morgan fingerprint density at radius 1 is 1.13 bits per heavy atom. The van der Waals surface area contributed by atoms with Crippen molar-refractivity contribution in [1.29, 1.82) is 0 Å². The highest BCUT2D eigenvalue weighted by atomic mass is 16.5.